The number of ether oxygens (including phenoxy) is 2. The predicted octanol–water partition coefficient (Wildman–Crippen LogP) is 4.46. The largest absolute Gasteiger partial charge is 0.497 e. The van der Waals surface area contributed by atoms with Crippen molar-refractivity contribution in [3.63, 3.8) is 0 Å². The topological polar surface area (TPSA) is 93.7 Å². The Balaban J connectivity index is 1.53. The fourth-order valence-electron chi connectivity index (χ4n) is 2.80. The van der Waals surface area contributed by atoms with Crippen LogP contribution in [0, 0.1) is 0 Å². The summed E-state index contributed by atoms with van der Waals surface area (Å²) in [6.07, 6.45) is 0. The van der Waals surface area contributed by atoms with Gasteiger partial charge in [0.25, 0.3) is 5.91 Å². The average molecular weight is 451 g/mol. The van der Waals surface area contributed by atoms with E-state index in [1.807, 2.05) is 12.1 Å². The Morgan fingerprint density at radius 1 is 0.844 bits per heavy atom. The zero-order valence-corrected chi connectivity index (χ0v) is 18.4. The number of hydrogen-bond donors (Lipinski definition) is 2. The van der Waals surface area contributed by atoms with Crippen LogP contribution in [0.4, 0.5) is 11.4 Å². The first-order chi connectivity index (χ1) is 15.5. The van der Waals surface area contributed by atoms with Crippen LogP contribution in [0.15, 0.2) is 77.7 Å². The minimum Gasteiger partial charge on any atom is -0.497 e. The molecule has 3 aromatic carbocycles. The molecule has 7 nitrogen and oxygen atoms in total. The third-order valence-electron chi connectivity index (χ3n) is 4.44. The van der Waals surface area contributed by atoms with Gasteiger partial charge < -0.3 is 20.1 Å². The second-order valence-corrected chi connectivity index (χ2v) is 7.63. The molecule has 3 aromatic rings. The van der Waals surface area contributed by atoms with Gasteiger partial charge in [-0.3, -0.25) is 9.59 Å². The molecule has 0 radical (unpaired) electrons. The number of carbonyl (C=O) groups excluding carboxylic acids is 3. The van der Waals surface area contributed by atoms with Crippen molar-refractivity contribution in [2.24, 2.45) is 0 Å². The van der Waals surface area contributed by atoms with E-state index >= 15 is 0 Å². The molecule has 0 unspecified atom stereocenters. The molecule has 8 heteroatoms. The molecule has 0 saturated carbocycles. The smallest absolute Gasteiger partial charge is 0.339 e. The van der Waals surface area contributed by atoms with Gasteiger partial charge in [-0.2, -0.15) is 0 Å². The fraction of sp³-hybridized carbons (Fsp3) is 0.125. The number of amides is 2. The van der Waals surface area contributed by atoms with E-state index in [2.05, 4.69) is 10.6 Å². The Labute approximate surface area is 190 Å². The van der Waals surface area contributed by atoms with Crippen molar-refractivity contribution in [2.75, 3.05) is 30.6 Å². The summed E-state index contributed by atoms with van der Waals surface area (Å²) in [4.78, 5) is 37.3. The lowest BCUT2D eigenvalue weighted by atomic mass is 10.2. The summed E-state index contributed by atoms with van der Waals surface area (Å²) in [5, 5.41) is 5.56. The lowest BCUT2D eigenvalue weighted by Crippen LogP contribution is -2.17. The van der Waals surface area contributed by atoms with Gasteiger partial charge in [0, 0.05) is 16.1 Å². The maximum atomic E-state index is 12.3. The number of hydrogen-bond acceptors (Lipinski definition) is 6. The van der Waals surface area contributed by atoms with Crippen molar-refractivity contribution >= 4 is 40.9 Å². The lowest BCUT2D eigenvalue weighted by molar-refractivity contribution is -0.113. The van der Waals surface area contributed by atoms with Crippen molar-refractivity contribution in [3.8, 4) is 5.75 Å². The molecule has 3 rings (SSSR count). The minimum absolute atomic E-state index is 0.160. The van der Waals surface area contributed by atoms with Gasteiger partial charge in [-0.25, -0.2) is 4.79 Å². The van der Waals surface area contributed by atoms with Crippen LogP contribution >= 0.6 is 11.8 Å². The summed E-state index contributed by atoms with van der Waals surface area (Å²) in [6.45, 7) is 0. The zero-order valence-electron chi connectivity index (χ0n) is 17.6. The van der Waals surface area contributed by atoms with E-state index in [1.165, 1.54) is 18.9 Å². The van der Waals surface area contributed by atoms with Crippen LogP contribution in [0.25, 0.3) is 0 Å². The number of benzene rings is 3. The van der Waals surface area contributed by atoms with E-state index in [4.69, 9.17) is 9.47 Å². The maximum absolute atomic E-state index is 12.3. The minimum atomic E-state index is -0.513. The molecule has 0 atom stereocenters. The fourth-order valence-corrected chi connectivity index (χ4v) is 3.49. The molecular weight excluding hydrogens is 428 g/mol. The number of rotatable bonds is 8. The predicted molar refractivity (Wildman–Crippen MR) is 125 cm³/mol. The summed E-state index contributed by atoms with van der Waals surface area (Å²) < 4.78 is 9.83. The lowest BCUT2D eigenvalue weighted by Gasteiger charge is -2.10. The van der Waals surface area contributed by atoms with Gasteiger partial charge in [-0.05, 0) is 60.7 Å². The first-order valence-electron chi connectivity index (χ1n) is 9.65. The van der Waals surface area contributed by atoms with Crippen molar-refractivity contribution in [3.05, 3.63) is 83.9 Å². The van der Waals surface area contributed by atoms with Gasteiger partial charge in [-0.1, -0.05) is 12.1 Å². The first-order valence-corrected chi connectivity index (χ1v) is 10.6. The molecule has 0 heterocycles. The monoisotopic (exact) mass is 450 g/mol. The van der Waals surface area contributed by atoms with Crippen molar-refractivity contribution in [1.29, 1.82) is 0 Å². The molecule has 0 aliphatic heterocycles. The molecule has 0 saturated heterocycles. The molecule has 0 spiro atoms. The van der Waals surface area contributed by atoms with Gasteiger partial charge in [0.05, 0.1) is 31.2 Å². The molecule has 0 aliphatic rings. The van der Waals surface area contributed by atoms with Gasteiger partial charge >= 0.3 is 5.97 Å². The Kier molecular flexibility index (Phi) is 7.88. The number of carbonyl (C=O) groups is 3. The zero-order chi connectivity index (χ0) is 22.9. The molecule has 2 amide bonds. The maximum Gasteiger partial charge on any atom is 0.339 e. The molecule has 2 N–H and O–H groups in total. The van der Waals surface area contributed by atoms with Crippen LogP contribution in [0.1, 0.15) is 20.7 Å². The molecule has 0 bridgehead atoms. The van der Waals surface area contributed by atoms with Crippen LogP contribution in [0.3, 0.4) is 0 Å². The summed E-state index contributed by atoms with van der Waals surface area (Å²) in [5.74, 6) is -0.144. The molecule has 0 aromatic heterocycles. The summed E-state index contributed by atoms with van der Waals surface area (Å²) in [7, 11) is 2.86. The summed E-state index contributed by atoms with van der Waals surface area (Å²) in [5.41, 5.74) is 1.87. The average Bonchev–Trinajstić information content (AvgIpc) is 2.83. The van der Waals surface area contributed by atoms with Crippen LogP contribution in [-0.4, -0.2) is 37.8 Å². The summed E-state index contributed by atoms with van der Waals surface area (Å²) >= 11 is 1.34. The van der Waals surface area contributed by atoms with Gasteiger partial charge in [0.1, 0.15) is 5.75 Å². The van der Waals surface area contributed by atoms with E-state index in [0.717, 1.165) is 4.90 Å². The quantitative estimate of drug-likeness (QED) is 0.389. The third kappa shape index (κ3) is 6.12. The van der Waals surface area contributed by atoms with Crippen molar-refractivity contribution in [1.82, 2.24) is 0 Å². The number of methoxy groups -OCH3 is 2. The van der Waals surface area contributed by atoms with E-state index in [-0.39, 0.29) is 17.6 Å². The molecule has 164 valence electrons. The van der Waals surface area contributed by atoms with E-state index in [1.54, 1.807) is 67.8 Å². The molecular formula is C24H22N2O5S. The summed E-state index contributed by atoms with van der Waals surface area (Å²) in [6, 6.07) is 20.7. The number of para-hydroxylation sites is 1. The van der Waals surface area contributed by atoms with Crippen LogP contribution in [-0.2, 0) is 9.53 Å². The SMILES string of the molecule is COC(=O)c1ccccc1NC(=O)CSc1ccc(NC(=O)c2ccc(OC)cc2)cc1. The Morgan fingerprint density at radius 3 is 2.19 bits per heavy atom. The second-order valence-electron chi connectivity index (χ2n) is 6.58. The van der Waals surface area contributed by atoms with Crippen molar-refractivity contribution < 1.29 is 23.9 Å². The Hall–Kier alpha value is -3.78. The van der Waals surface area contributed by atoms with Gasteiger partial charge in [0.15, 0.2) is 0 Å². The number of thioether (sulfide) groups is 1. The normalized spacial score (nSPS) is 10.2. The molecule has 0 fully saturated rings. The third-order valence-corrected chi connectivity index (χ3v) is 5.45. The standard InChI is InChI=1S/C24H22N2O5S/c1-30-18-11-7-16(8-12-18)23(28)25-17-9-13-19(14-10-17)32-15-22(27)26-21-6-4-3-5-20(21)24(29)31-2/h3-14H,15H2,1-2H3,(H,25,28)(H,26,27). The van der Waals surface area contributed by atoms with Crippen LogP contribution < -0.4 is 15.4 Å². The first kappa shape index (κ1) is 22.9. The Bertz CT molecular complexity index is 1100. The number of anilines is 2. The van der Waals surface area contributed by atoms with Crippen LogP contribution in [0.2, 0.25) is 0 Å². The number of esters is 1. The highest BCUT2D eigenvalue weighted by atomic mass is 32.2. The van der Waals surface area contributed by atoms with Gasteiger partial charge in [0.2, 0.25) is 5.91 Å². The van der Waals surface area contributed by atoms with E-state index in [9.17, 15) is 14.4 Å². The second kappa shape index (κ2) is 11.0. The van der Waals surface area contributed by atoms with Crippen molar-refractivity contribution in [2.45, 2.75) is 4.90 Å². The molecule has 32 heavy (non-hydrogen) atoms. The number of nitrogens with one attached hydrogen (secondary N) is 2. The Morgan fingerprint density at radius 2 is 1.53 bits per heavy atom. The van der Waals surface area contributed by atoms with Gasteiger partial charge in [-0.15, -0.1) is 11.8 Å². The van der Waals surface area contributed by atoms with E-state index in [0.29, 0.717) is 28.3 Å². The van der Waals surface area contributed by atoms with E-state index < -0.39 is 5.97 Å². The highest BCUT2D eigenvalue weighted by Crippen LogP contribution is 2.22. The highest BCUT2D eigenvalue weighted by molar-refractivity contribution is 8.00. The highest BCUT2D eigenvalue weighted by Gasteiger charge is 2.13. The van der Waals surface area contributed by atoms with Crippen LogP contribution in [0.5, 0.6) is 5.75 Å². The molecule has 0 aliphatic carbocycles.